The number of aliphatic hydroxyl groups is 3. The van der Waals surface area contributed by atoms with Crippen molar-refractivity contribution in [1.82, 2.24) is 5.32 Å². The van der Waals surface area contributed by atoms with Crippen LogP contribution >= 0.6 is 0 Å². The number of carbonyl (C=O) groups is 1. The molecule has 0 aliphatic heterocycles. The van der Waals surface area contributed by atoms with Crippen molar-refractivity contribution in [2.45, 2.75) is 295 Å². The molecular weight excluding hydrogens is 703 g/mol. The monoisotopic (exact) mass is 804 g/mol. The highest BCUT2D eigenvalue weighted by Crippen LogP contribution is 2.17. The number of amides is 1. The fourth-order valence-corrected chi connectivity index (χ4v) is 8.03. The zero-order valence-electron chi connectivity index (χ0n) is 38.5. The molecule has 0 aliphatic carbocycles. The van der Waals surface area contributed by atoms with Crippen LogP contribution in [0, 0.1) is 0 Å². The lowest BCUT2D eigenvalue weighted by molar-refractivity contribution is -0.131. The summed E-state index contributed by atoms with van der Waals surface area (Å²) in [6.45, 7) is 4.20. The maximum atomic E-state index is 12.5. The van der Waals surface area contributed by atoms with Crippen molar-refractivity contribution in [2.75, 3.05) is 6.61 Å². The van der Waals surface area contributed by atoms with Crippen molar-refractivity contribution in [3.63, 3.8) is 0 Å². The van der Waals surface area contributed by atoms with Crippen molar-refractivity contribution >= 4 is 5.91 Å². The molecular formula is C52H101NO4. The van der Waals surface area contributed by atoms with E-state index in [1.165, 1.54) is 218 Å². The van der Waals surface area contributed by atoms with Crippen LogP contribution in [0.15, 0.2) is 24.3 Å². The number of hydrogen-bond acceptors (Lipinski definition) is 4. The lowest BCUT2D eigenvalue weighted by Gasteiger charge is -2.21. The van der Waals surface area contributed by atoms with Gasteiger partial charge in [0.1, 0.15) is 6.10 Å². The first-order valence-electron chi connectivity index (χ1n) is 25.7. The van der Waals surface area contributed by atoms with Crippen molar-refractivity contribution in [3.05, 3.63) is 24.3 Å². The van der Waals surface area contributed by atoms with E-state index in [1.807, 2.05) is 6.08 Å². The highest BCUT2D eigenvalue weighted by atomic mass is 16.3. The Morgan fingerprint density at radius 1 is 0.421 bits per heavy atom. The number of aliphatic hydroxyl groups excluding tert-OH is 3. The van der Waals surface area contributed by atoms with Crippen LogP contribution in [0.25, 0.3) is 0 Å². The minimum Gasteiger partial charge on any atom is -0.394 e. The average Bonchev–Trinajstić information content (AvgIpc) is 3.22. The van der Waals surface area contributed by atoms with Gasteiger partial charge in [-0.25, -0.2) is 0 Å². The summed E-state index contributed by atoms with van der Waals surface area (Å²) in [7, 11) is 0. The smallest absolute Gasteiger partial charge is 0.249 e. The molecule has 3 atom stereocenters. The van der Waals surface area contributed by atoms with Gasteiger partial charge in [-0.2, -0.15) is 0 Å². The van der Waals surface area contributed by atoms with Gasteiger partial charge in [0.15, 0.2) is 0 Å². The maximum absolute atomic E-state index is 12.5. The largest absolute Gasteiger partial charge is 0.394 e. The molecule has 0 bridgehead atoms. The first-order chi connectivity index (χ1) is 28.1. The molecule has 0 saturated heterocycles. The van der Waals surface area contributed by atoms with Gasteiger partial charge in [-0.15, -0.1) is 0 Å². The van der Waals surface area contributed by atoms with Crippen LogP contribution in [0.2, 0.25) is 0 Å². The molecule has 5 heteroatoms. The molecule has 1 amide bonds. The van der Waals surface area contributed by atoms with Gasteiger partial charge < -0.3 is 20.6 Å². The second kappa shape index (κ2) is 47.5. The Morgan fingerprint density at radius 3 is 1.07 bits per heavy atom. The van der Waals surface area contributed by atoms with E-state index in [2.05, 4.69) is 31.3 Å². The van der Waals surface area contributed by atoms with E-state index < -0.39 is 24.2 Å². The first kappa shape index (κ1) is 55.8. The molecule has 57 heavy (non-hydrogen) atoms. The Hall–Kier alpha value is -1.17. The van der Waals surface area contributed by atoms with Gasteiger partial charge in [-0.05, 0) is 32.1 Å². The van der Waals surface area contributed by atoms with Crippen LogP contribution in [-0.2, 0) is 4.79 Å². The lowest BCUT2D eigenvalue weighted by Crippen LogP contribution is -2.48. The van der Waals surface area contributed by atoms with Crippen LogP contribution in [0.3, 0.4) is 0 Å². The summed E-state index contributed by atoms with van der Waals surface area (Å²) in [5.41, 5.74) is 0. The SMILES string of the molecule is CCCCCCCCCCCCCCCCCCCC/C=C/CC/C=C/C(O)C(CO)NC(=O)C(O)CCCCCCCCCCCCCCCCCCCCC. The Balaban J connectivity index is 3.63. The van der Waals surface area contributed by atoms with Crippen LogP contribution in [0.1, 0.15) is 277 Å². The third kappa shape index (κ3) is 42.8. The molecule has 0 radical (unpaired) electrons. The van der Waals surface area contributed by atoms with E-state index in [1.54, 1.807) is 6.08 Å². The Bertz CT molecular complexity index is 844. The molecule has 0 aromatic rings. The molecule has 5 nitrogen and oxygen atoms in total. The number of unbranched alkanes of at least 4 members (excludes halogenated alkanes) is 37. The third-order valence-corrected chi connectivity index (χ3v) is 12.0. The van der Waals surface area contributed by atoms with Crippen LogP contribution < -0.4 is 5.32 Å². The van der Waals surface area contributed by atoms with Crippen LogP contribution in [0.4, 0.5) is 0 Å². The van der Waals surface area contributed by atoms with E-state index in [9.17, 15) is 20.1 Å². The Morgan fingerprint density at radius 2 is 0.719 bits per heavy atom. The average molecular weight is 804 g/mol. The molecule has 0 spiro atoms. The number of rotatable bonds is 47. The summed E-state index contributed by atoms with van der Waals surface area (Å²) >= 11 is 0. The number of carbonyl (C=O) groups excluding carboxylic acids is 1. The number of nitrogens with one attached hydrogen (secondary N) is 1. The summed E-state index contributed by atoms with van der Waals surface area (Å²) in [6.07, 6.45) is 59.5. The van der Waals surface area contributed by atoms with Gasteiger partial charge in [0.25, 0.3) is 0 Å². The fourth-order valence-electron chi connectivity index (χ4n) is 8.03. The summed E-state index contributed by atoms with van der Waals surface area (Å²) in [5.74, 6) is -0.508. The zero-order chi connectivity index (χ0) is 41.5. The first-order valence-corrected chi connectivity index (χ1v) is 25.7. The van der Waals surface area contributed by atoms with Gasteiger partial charge in [-0.3, -0.25) is 4.79 Å². The normalized spacial score (nSPS) is 13.6. The molecule has 0 aromatic carbocycles. The van der Waals surface area contributed by atoms with E-state index >= 15 is 0 Å². The summed E-state index contributed by atoms with van der Waals surface area (Å²) in [5, 5.41) is 33.3. The van der Waals surface area contributed by atoms with Crippen LogP contribution in [-0.4, -0.2) is 46.1 Å². The van der Waals surface area contributed by atoms with Crippen molar-refractivity contribution < 1.29 is 20.1 Å². The van der Waals surface area contributed by atoms with Crippen LogP contribution in [0.5, 0.6) is 0 Å². The molecule has 0 saturated carbocycles. The van der Waals surface area contributed by atoms with Gasteiger partial charge in [0, 0.05) is 0 Å². The molecule has 0 heterocycles. The lowest BCUT2D eigenvalue weighted by atomic mass is 10.0. The molecule has 3 unspecified atom stereocenters. The topological polar surface area (TPSA) is 89.8 Å². The van der Waals surface area contributed by atoms with E-state index in [-0.39, 0.29) is 6.61 Å². The number of hydrogen-bond donors (Lipinski definition) is 4. The minimum atomic E-state index is -1.10. The molecule has 4 N–H and O–H groups in total. The summed E-state index contributed by atoms with van der Waals surface area (Å²) in [4.78, 5) is 12.5. The highest BCUT2D eigenvalue weighted by molar-refractivity contribution is 5.80. The minimum absolute atomic E-state index is 0.372. The van der Waals surface area contributed by atoms with Gasteiger partial charge in [0.2, 0.25) is 5.91 Å². The van der Waals surface area contributed by atoms with E-state index in [0.29, 0.717) is 6.42 Å². The fraction of sp³-hybridized carbons (Fsp3) is 0.904. The number of allylic oxidation sites excluding steroid dienone is 3. The van der Waals surface area contributed by atoms with Gasteiger partial charge in [-0.1, -0.05) is 269 Å². The van der Waals surface area contributed by atoms with Gasteiger partial charge in [0.05, 0.1) is 18.8 Å². The summed E-state index contributed by atoms with van der Waals surface area (Å²) in [6, 6.07) is -0.811. The second-order valence-electron chi connectivity index (χ2n) is 17.7. The summed E-state index contributed by atoms with van der Waals surface area (Å²) < 4.78 is 0. The predicted molar refractivity (Wildman–Crippen MR) is 250 cm³/mol. The van der Waals surface area contributed by atoms with Crippen molar-refractivity contribution in [2.24, 2.45) is 0 Å². The van der Waals surface area contributed by atoms with Gasteiger partial charge >= 0.3 is 0 Å². The Labute approximate surface area is 356 Å². The third-order valence-electron chi connectivity index (χ3n) is 12.0. The zero-order valence-corrected chi connectivity index (χ0v) is 38.5. The van der Waals surface area contributed by atoms with E-state index in [0.717, 1.165) is 38.5 Å². The molecule has 0 aliphatic rings. The molecule has 0 rings (SSSR count). The predicted octanol–water partition coefficient (Wildman–Crippen LogP) is 15.3. The van der Waals surface area contributed by atoms with Crippen molar-refractivity contribution in [1.29, 1.82) is 0 Å². The van der Waals surface area contributed by atoms with Crippen molar-refractivity contribution in [3.8, 4) is 0 Å². The quantitative estimate of drug-likeness (QED) is 0.0364. The van der Waals surface area contributed by atoms with E-state index in [4.69, 9.17) is 0 Å². The molecule has 0 aromatic heterocycles. The Kier molecular flexibility index (Phi) is 46.5. The molecule has 338 valence electrons. The highest BCUT2D eigenvalue weighted by Gasteiger charge is 2.22. The second-order valence-corrected chi connectivity index (χ2v) is 17.7. The standard InChI is InChI=1S/C52H101NO4/c1-3-5-7-9-11-13-15-17-19-21-23-24-25-26-27-29-30-32-34-36-38-40-42-44-46-50(55)49(48-54)53-52(57)51(56)47-45-43-41-39-37-35-33-31-28-22-20-18-16-14-12-10-8-6-4-2/h36,38,44,46,49-51,54-56H,3-35,37,39-43,45,47-48H2,1-2H3,(H,53,57)/b38-36+,46-44+. The maximum Gasteiger partial charge on any atom is 0.249 e. The molecule has 0 fully saturated rings.